The molecule has 0 bridgehead atoms. The molecule has 2 N–H and O–H groups in total. The third-order valence-corrected chi connectivity index (χ3v) is 6.24. The molecule has 2 aliphatic heterocycles. The molecule has 35 heavy (non-hydrogen) atoms. The lowest BCUT2D eigenvalue weighted by molar-refractivity contribution is 0.0986. The van der Waals surface area contributed by atoms with Crippen molar-refractivity contribution in [2.45, 2.75) is 32.4 Å². The van der Waals surface area contributed by atoms with E-state index in [0.29, 0.717) is 24.9 Å². The Balaban J connectivity index is 0.000000136. The van der Waals surface area contributed by atoms with Gasteiger partial charge in [-0.3, -0.25) is 9.59 Å². The lowest BCUT2D eigenvalue weighted by Crippen LogP contribution is -1.95. The highest BCUT2D eigenvalue weighted by Crippen LogP contribution is 2.20. The molecule has 0 saturated heterocycles. The second-order valence-corrected chi connectivity index (χ2v) is 9.96. The van der Waals surface area contributed by atoms with Crippen LogP contribution in [-0.4, -0.2) is 40.6 Å². The van der Waals surface area contributed by atoms with Gasteiger partial charge >= 0.3 is 0 Å². The number of Topliss-reactive ketones (excluding diaryl/α,β-unsaturated/α-hetero) is 2. The molecule has 0 saturated carbocycles. The summed E-state index contributed by atoms with van der Waals surface area (Å²) in [5.41, 5.74) is 8.83. The zero-order chi connectivity index (χ0) is 24.9. The highest BCUT2D eigenvalue weighted by molar-refractivity contribution is 9.10. The molecule has 4 aromatic heterocycles. The second kappa shape index (κ2) is 11.2. The molecule has 0 unspecified atom stereocenters. The molecule has 0 aliphatic carbocycles. The molecular formula is C23H20Br2ClN7O2. The predicted octanol–water partition coefficient (Wildman–Crippen LogP) is 4.77. The fourth-order valence-corrected chi connectivity index (χ4v) is 4.16. The summed E-state index contributed by atoms with van der Waals surface area (Å²) in [4.78, 5) is 38.3. The maximum atomic E-state index is 11.5. The van der Waals surface area contributed by atoms with Crippen LogP contribution in [0, 0.1) is 0 Å². The number of anilines is 1. The monoisotopic (exact) mass is 619 g/mol. The van der Waals surface area contributed by atoms with Crippen LogP contribution in [0.3, 0.4) is 0 Å². The van der Waals surface area contributed by atoms with Crippen molar-refractivity contribution in [3.8, 4) is 0 Å². The summed E-state index contributed by atoms with van der Waals surface area (Å²) in [5.74, 6) is 1.20. The van der Waals surface area contributed by atoms with Gasteiger partial charge in [-0.15, -0.1) is 0 Å². The highest BCUT2D eigenvalue weighted by atomic mass is 79.9. The van der Waals surface area contributed by atoms with E-state index in [4.69, 9.17) is 17.3 Å². The first kappa shape index (κ1) is 25.2. The standard InChI is InChI=1S/C12H10BrN3O.C7H8N2O.C4H2BrClN2/c13-9-5-14-12(15-6-9)4-8-3-10-11(17)1-2-16(10)7-8;8-5-3-6-7(10)1-2-9(6)4-5;5-3-1-7-4(6)8-2-3/h3,5-7H,1-2,4H2;3-4H,1-2,8H2;1-2H. The Morgan fingerprint density at radius 3 is 1.86 bits per heavy atom. The number of hydrogen-bond acceptors (Lipinski definition) is 7. The lowest BCUT2D eigenvalue weighted by Gasteiger charge is -1.97. The number of ketones is 2. The van der Waals surface area contributed by atoms with Crippen molar-refractivity contribution < 1.29 is 9.59 Å². The maximum absolute atomic E-state index is 11.5. The minimum atomic E-state index is 0.205. The van der Waals surface area contributed by atoms with E-state index in [1.54, 1.807) is 37.1 Å². The van der Waals surface area contributed by atoms with Crippen LogP contribution in [0.25, 0.3) is 0 Å². The molecule has 0 fully saturated rings. The number of aryl methyl sites for hydroxylation is 2. The number of nitrogen functional groups attached to an aromatic ring is 1. The molecule has 6 rings (SSSR count). The van der Waals surface area contributed by atoms with Crippen molar-refractivity contribution in [3.05, 3.63) is 86.3 Å². The van der Waals surface area contributed by atoms with Crippen molar-refractivity contribution >= 4 is 60.7 Å². The fraction of sp³-hybridized carbons (Fsp3) is 0.217. The Kier molecular flexibility index (Phi) is 8.09. The Morgan fingerprint density at radius 2 is 1.34 bits per heavy atom. The van der Waals surface area contributed by atoms with Gasteiger partial charge in [0.25, 0.3) is 0 Å². The number of rotatable bonds is 2. The van der Waals surface area contributed by atoms with E-state index < -0.39 is 0 Å². The van der Waals surface area contributed by atoms with Crippen LogP contribution >= 0.6 is 43.5 Å². The van der Waals surface area contributed by atoms with E-state index in [0.717, 1.165) is 44.8 Å². The second-order valence-electron chi connectivity index (χ2n) is 7.79. The Hall–Kier alpha value is -2.89. The first-order valence-corrected chi connectivity index (χ1v) is 12.6. The van der Waals surface area contributed by atoms with E-state index >= 15 is 0 Å². The quantitative estimate of drug-likeness (QED) is 0.320. The Labute approximate surface area is 223 Å². The molecule has 0 radical (unpaired) electrons. The molecule has 4 aromatic rings. The molecule has 180 valence electrons. The van der Waals surface area contributed by atoms with Crippen molar-refractivity contribution in [1.82, 2.24) is 29.1 Å². The van der Waals surface area contributed by atoms with E-state index in [-0.39, 0.29) is 16.9 Å². The minimum Gasteiger partial charge on any atom is -0.397 e. The summed E-state index contributed by atoms with van der Waals surface area (Å²) < 4.78 is 5.62. The average Bonchev–Trinajstić information content (AvgIpc) is 3.58. The van der Waals surface area contributed by atoms with Gasteiger partial charge in [0, 0.05) is 69.5 Å². The molecule has 12 heteroatoms. The first-order valence-electron chi connectivity index (χ1n) is 10.6. The number of hydrogen-bond donors (Lipinski definition) is 1. The fourth-order valence-electron chi connectivity index (χ4n) is 3.65. The number of aromatic nitrogens is 6. The van der Waals surface area contributed by atoms with Crippen LogP contribution in [0.1, 0.15) is 45.2 Å². The summed E-state index contributed by atoms with van der Waals surface area (Å²) in [5, 5.41) is 0.271. The molecule has 6 heterocycles. The van der Waals surface area contributed by atoms with Gasteiger partial charge in [0.2, 0.25) is 5.28 Å². The number of halogens is 3. The van der Waals surface area contributed by atoms with Gasteiger partial charge in [-0.05, 0) is 61.2 Å². The van der Waals surface area contributed by atoms with E-state index in [2.05, 4.69) is 51.8 Å². The van der Waals surface area contributed by atoms with Crippen LogP contribution in [0.2, 0.25) is 5.28 Å². The first-order chi connectivity index (χ1) is 16.8. The number of nitrogens with zero attached hydrogens (tertiary/aromatic N) is 6. The number of carbonyl (C=O) groups is 2. The molecule has 0 atom stereocenters. The van der Waals surface area contributed by atoms with E-state index in [1.807, 2.05) is 21.4 Å². The van der Waals surface area contributed by atoms with Crippen LogP contribution in [0.4, 0.5) is 5.69 Å². The van der Waals surface area contributed by atoms with Gasteiger partial charge in [-0.1, -0.05) is 0 Å². The third kappa shape index (κ3) is 6.62. The largest absolute Gasteiger partial charge is 0.397 e. The van der Waals surface area contributed by atoms with Gasteiger partial charge in [-0.2, -0.15) is 0 Å². The van der Waals surface area contributed by atoms with Gasteiger partial charge in [0.05, 0.1) is 26.0 Å². The van der Waals surface area contributed by atoms with Crippen LogP contribution in [-0.2, 0) is 19.5 Å². The van der Waals surface area contributed by atoms with Crippen LogP contribution in [0.15, 0.2) is 58.3 Å². The number of nitrogens with two attached hydrogens (primary N) is 1. The molecular weight excluding hydrogens is 602 g/mol. The summed E-state index contributed by atoms with van der Waals surface area (Å²) in [6.07, 6.45) is 12.4. The molecule has 0 spiro atoms. The SMILES string of the molecule is Clc1ncc(Br)cn1.Nc1cc2n(c1)CCC2=O.O=C1CCn2cc(Cc3ncc(Br)cn3)cc21. The Morgan fingerprint density at radius 1 is 0.829 bits per heavy atom. The molecule has 2 aliphatic rings. The van der Waals surface area contributed by atoms with Gasteiger partial charge in [-0.25, -0.2) is 19.9 Å². The molecule has 0 aromatic carbocycles. The van der Waals surface area contributed by atoms with E-state index in [9.17, 15) is 9.59 Å². The average molecular weight is 622 g/mol. The van der Waals surface area contributed by atoms with Crippen molar-refractivity contribution in [1.29, 1.82) is 0 Å². The summed E-state index contributed by atoms with van der Waals surface area (Å²) in [6, 6.07) is 3.68. The minimum absolute atomic E-state index is 0.205. The van der Waals surface area contributed by atoms with Crippen LogP contribution in [0.5, 0.6) is 0 Å². The van der Waals surface area contributed by atoms with Crippen LogP contribution < -0.4 is 5.73 Å². The Bertz CT molecular complexity index is 1330. The zero-order valence-corrected chi connectivity index (χ0v) is 22.3. The van der Waals surface area contributed by atoms with Crippen molar-refractivity contribution in [2.24, 2.45) is 0 Å². The molecule has 9 nitrogen and oxygen atoms in total. The highest BCUT2D eigenvalue weighted by Gasteiger charge is 2.20. The summed E-state index contributed by atoms with van der Waals surface area (Å²) in [7, 11) is 0. The summed E-state index contributed by atoms with van der Waals surface area (Å²) >= 11 is 11.8. The van der Waals surface area contributed by atoms with Gasteiger partial charge in [0.15, 0.2) is 11.6 Å². The van der Waals surface area contributed by atoms with Gasteiger partial charge < -0.3 is 14.9 Å². The number of carbonyl (C=O) groups excluding carboxylic acids is 2. The maximum Gasteiger partial charge on any atom is 0.222 e. The van der Waals surface area contributed by atoms with Crippen molar-refractivity contribution in [2.75, 3.05) is 5.73 Å². The zero-order valence-electron chi connectivity index (χ0n) is 18.4. The molecule has 0 amide bonds. The summed E-state index contributed by atoms with van der Waals surface area (Å²) in [6.45, 7) is 1.60. The van der Waals surface area contributed by atoms with E-state index in [1.165, 1.54) is 0 Å². The van der Waals surface area contributed by atoms with Gasteiger partial charge in [0.1, 0.15) is 5.82 Å². The lowest BCUT2D eigenvalue weighted by atomic mass is 10.2. The predicted molar refractivity (Wildman–Crippen MR) is 138 cm³/mol. The van der Waals surface area contributed by atoms with Crippen molar-refractivity contribution in [3.63, 3.8) is 0 Å². The number of fused-ring (bicyclic) bond motifs is 2. The topological polar surface area (TPSA) is 122 Å². The third-order valence-electron chi connectivity index (χ3n) is 5.23. The smallest absolute Gasteiger partial charge is 0.222 e. The normalized spacial score (nSPS) is 13.5.